The highest BCUT2D eigenvalue weighted by Crippen LogP contribution is 2.32. The van der Waals surface area contributed by atoms with Gasteiger partial charge in [-0.3, -0.25) is 4.79 Å². The number of carbonyl (C=O) groups excluding carboxylic acids is 1. The van der Waals surface area contributed by atoms with Gasteiger partial charge in [0.05, 0.1) is 25.6 Å². The van der Waals surface area contributed by atoms with Crippen LogP contribution in [-0.4, -0.2) is 32.7 Å². The van der Waals surface area contributed by atoms with Gasteiger partial charge >= 0.3 is 0 Å². The Balaban J connectivity index is 1.78. The lowest BCUT2D eigenvalue weighted by Gasteiger charge is -2.36. The third-order valence-corrected chi connectivity index (χ3v) is 5.01. The van der Waals surface area contributed by atoms with E-state index in [2.05, 4.69) is 17.1 Å². The number of ether oxygens (including phenoxy) is 2. The van der Waals surface area contributed by atoms with E-state index in [1.807, 2.05) is 18.2 Å². The number of anilines is 3. The maximum absolute atomic E-state index is 12.6. The molecule has 0 saturated carbocycles. The Morgan fingerprint density at radius 2 is 1.81 bits per heavy atom. The van der Waals surface area contributed by atoms with Gasteiger partial charge in [0.25, 0.3) is 5.91 Å². The van der Waals surface area contributed by atoms with Gasteiger partial charge in [-0.25, -0.2) is 0 Å². The molecule has 27 heavy (non-hydrogen) atoms. The lowest BCUT2D eigenvalue weighted by atomic mass is 10.0. The first-order valence-corrected chi connectivity index (χ1v) is 9.22. The zero-order chi connectivity index (χ0) is 19.4. The third kappa shape index (κ3) is 4.27. The molecule has 1 atom stereocenters. The van der Waals surface area contributed by atoms with Crippen molar-refractivity contribution in [3.05, 3.63) is 42.0 Å². The van der Waals surface area contributed by atoms with Crippen molar-refractivity contribution in [2.45, 2.75) is 32.2 Å². The van der Waals surface area contributed by atoms with Crippen molar-refractivity contribution in [2.75, 3.05) is 36.7 Å². The Morgan fingerprint density at radius 1 is 1.11 bits per heavy atom. The molecule has 1 aliphatic heterocycles. The maximum atomic E-state index is 12.6. The first-order chi connectivity index (χ1) is 13.0. The molecule has 0 bridgehead atoms. The van der Waals surface area contributed by atoms with Crippen molar-refractivity contribution in [1.82, 2.24) is 0 Å². The van der Waals surface area contributed by atoms with E-state index >= 15 is 0 Å². The molecule has 0 aliphatic carbocycles. The molecule has 6 nitrogen and oxygen atoms in total. The number of piperidine rings is 1. The predicted octanol–water partition coefficient (Wildman–Crippen LogP) is 3.92. The molecule has 3 rings (SSSR count). The van der Waals surface area contributed by atoms with Gasteiger partial charge in [-0.2, -0.15) is 0 Å². The number of amides is 1. The van der Waals surface area contributed by atoms with Crippen molar-refractivity contribution in [1.29, 1.82) is 0 Å². The number of nitrogens with zero attached hydrogens (tertiary/aromatic N) is 1. The van der Waals surface area contributed by atoms with Gasteiger partial charge in [0, 0.05) is 29.9 Å². The average molecular weight is 369 g/mol. The number of nitrogens with two attached hydrogens (primary N) is 1. The summed E-state index contributed by atoms with van der Waals surface area (Å²) < 4.78 is 10.4. The molecule has 3 N–H and O–H groups in total. The second-order valence-electron chi connectivity index (χ2n) is 6.87. The van der Waals surface area contributed by atoms with Crippen molar-refractivity contribution in [3.63, 3.8) is 0 Å². The summed E-state index contributed by atoms with van der Waals surface area (Å²) in [5, 5.41) is 2.89. The molecular weight excluding hydrogens is 342 g/mol. The number of rotatable bonds is 5. The van der Waals surface area contributed by atoms with E-state index < -0.39 is 0 Å². The molecular formula is C21H27N3O3. The van der Waals surface area contributed by atoms with Crippen molar-refractivity contribution in [3.8, 4) is 11.5 Å². The van der Waals surface area contributed by atoms with Gasteiger partial charge in [0.15, 0.2) is 0 Å². The molecule has 0 unspecified atom stereocenters. The van der Waals surface area contributed by atoms with E-state index in [0.29, 0.717) is 34.5 Å². The van der Waals surface area contributed by atoms with Crippen LogP contribution in [0.2, 0.25) is 0 Å². The first-order valence-electron chi connectivity index (χ1n) is 9.22. The number of nitrogen functional groups attached to an aromatic ring is 1. The minimum Gasteiger partial charge on any atom is -0.497 e. The minimum atomic E-state index is -0.245. The molecule has 0 spiro atoms. The summed E-state index contributed by atoms with van der Waals surface area (Å²) in [6, 6.07) is 11.2. The van der Waals surface area contributed by atoms with Gasteiger partial charge in [-0.15, -0.1) is 0 Å². The summed E-state index contributed by atoms with van der Waals surface area (Å²) in [6.45, 7) is 3.24. The zero-order valence-corrected chi connectivity index (χ0v) is 16.1. The molecule has 6 heteroatoms. The second-order valence-corrected chi connectivity index (χ2v) is 6.87. The van der Waals surface area contributed by atoms with Crippen LogP contribution in [0, 0.1) is 0 Å². The molecule has 1 fully saturated rings. The van der Waals surface area contributed by atoms with E-state index in [-0.39, 0.29) is 5.91 Å². The number of hydrogen-bond acceptors (Lipinski definition) is 5. The fraction of sp³-hybridized carbons (Fsp3) is 0.381. The molecule has 144 valence electrons. The molecule has 0 aromatic heterocycles. The van der Waals surface area contributed by atoms with E-state index in [9.17, 15) is 4.79 Å². The van der Waals surface area contributed by atoms with Crippen LogP contribution in [0.4, 0.5) is 17.1 Å². The summed E-state index contributed by atoms with van der Waals surface area (Å²) in [6.07, 6.45) is 3.62. The largest absolute Gasteiger partial charge is 0.497 e. The van der Waals surface area contributed by atoms with Crippen LogP contribution in [-0.2, 0) is 0 Å². The zero-order valence-electron chi connectivity index (χ0n) is 16.1. The van der Waals surface area contributed by atoms with Crippen molar-refractivity contribution < 1.29 is 14.3 Å². The Hall–Kier alpha value is -2.89. The first kappa shape index (κ1) is 18.9. The number of benzene rings is 2. The van der Waals surface area contributed by atoms with Crippen LogP contribution >= 0.6 is 0 Å². The monoisotopic (exact) mass is 369 g/mol. The van der Waals surface area contributed by atoms with Gasteiger partial charge in [-0.1, -0.05) is 0 Å². The second kappa shape index (κ2) is 8.20. The third-order valence-electron chi connectivity index (χ3n) is 5.01. The van der Waals surface area contributed by atoms with Crippen molar-refractivity contribution in [2.24, 2.45) is 0 Å². The normalized spacial score (nSPS) is 16.7. The lowest BCUT2D eigenvalue weighted by Crippen LogP contribution is -2.37. The van der Waals surface area contributed by atoms with E-state index in [1.165, 1.54) is 19.3 Å². The summed E-state index contributed by atoms with van der Waals surface area (Å²) >= 11 is 0. The van der Waals surface area contributed by atoms with Gasteiger partial charge in [0.2, 0.25) is 0 Å². The molecule has 1 saturated heterocycles. The summed E-state index contributed by atoms with van der Waals surface area (Å²) in [4.78, 5) is 15.0. The van der Waals surface area contributed by atoms with Crippen LogP contribution < -0.4 is 25.4 Å². The topological polar surface area (TPSA) is 76.8 Å². The standard InChI is InChI=1S/C21H27N3O3/c1-14-6-4-5-9-24(14)20-8-7-16(12-19(20)22)23-21(25)15-10-17(26-2)13-18(11-15)27-3/h7-8,10-14H,4-6,9,22H2,1-3H3,(H,23,25)/t14-/m1/s1. The van der Waals surface area contributed by atoms with Crippen LogP contribution in [0.15, 0.2) is 36.4 Å². The van der Waals surface area contributed by atoms with Crippen LogP contribution in [0.3, 0.4) is 0 Å². The number of methoxy groups -OCH3 is 2. The average Bonchev–Trinajstić information content (AvgIpc) is 2.68. The van der Waals surface area contributed by atoms with Gasteiger partial charge < -0.3 is 25.4 Å². The fourth-order valence-corrected chi connectivity index (χ4v) is 3.49. The van der Waals surface area contributed by atoms with Crippen LogP contribution in [0.1, 0.15) is 36.5 Å². The predicted molar refractivity (Wildman–Crippen MR) is 109 cm³/mol. The minimum absolute atomic E-state index is 0.245. The van der Waals surface area contributed by atoms with Crippen molar-refractivity contribution >= 4 is 23.0 Å². The lowest BCUT2D eigenvalue weighted by molar-refractivity contribution is 0.102. The highest BCUT2D eigenvalue weighted by atomic mass is 16.5. The highest BCUT2D eigenvalue weighted by Gasteiger charge is 2.20. The molecule has 1 aliphatic rings. The Morgan fingerprint density at radius 3 is 2.41 bits per heavy atom. The molecule has 0 radical (unpaired) electrons. The Labute approximate surface area is 160 Å². The van der Waals surface area contributed by atoms with Crippen LogP contribution in [0.5, 0.6) is 11.5 Å². The fourth-order valence-electron chi connectivity index (χ4n) is 3.49. The Kier molecular flexibility index (Phi) is 5.74. The van der Waals surface area contributed by atoms with E-state index in [1.54, 1.807) is 32.4 Å². The number of nitrogens with one attached hydrogen (secondary N) is 1. The maximum Gasteiger partial charge on any atom is 0.255 e. The smallest absolute Gasteiger partial charge is 0.255 e. The van der Waals surface area contributed by atoms with Crippen LogP contribution in [0.25, 0.3) is 0 Å². The summed E-state index contributed by atoms with van der Waals surface area (Å²) in [5.74, 6) is 0.882. The molecule has 1 heterocycles. The number of hydrogen-bond donors (Lipinski definition) is 2. The molecule has 2 aromatic carbocycles. The highest BCUT2D eigenvalue weighted by molar-refractivity contribution is 6.05. The number of carbonyl (C=O) groups is 1. The molecule has 1 amide bonds. The summed E-state index contributed by atoms with van der Waals surface area (Å²) in [5.41, 5.74) is 9.11. The van der Waals surface area contributed by atoms with E-state index in [4.69, 9.17) is 15.2 Å². The molecule has 2 aromatic rings. The Bertz CT molecular complexity index is 800. The van der Waals surface area contributed by atoms with E-state index in [0.717, 1.165) is 12.2 Å². The SMILES string of the molecule is COc1cc(OC)cc(C(=O)Nc2ccc(N3CCCC[C@H]3C)c(N)c2)c1. The summed E-state index contributed by atoms with van der Waals surface area (Å²) in [7, 11) is 3.11. The quantitative estimate of drug-likeness (QED) is 0.781. The van der Waals surface area contributed by atoms with Gasteiger partial charge in [0.1, 0.15) is 11.5 Å². The van der Waals surface area contributed by atoms with Gasteiger partial charge in [-0.05, 0) is 56.5 Å².